The highest BCUT2D eigenvalue weighted by Crippen LogP contribution is 2.00. The summed E-state index contributed by atoms with van der Waals surface area (Å²) < 4.78 is 0. The molecule has 0 spiro atoms. The molecule has 0 amide bonds. The number of hydrogen-bond donors (Lipinski definition) is 1. The summed E-state index contributed by atoms with van der Waals surface area (Å²) in [4.78, 5) is 0. The van der Waals surface area contributed by atoms with Crippen molar-refractivity contribution in [3.8, 4) is 0 Å². The first kappa shape index (κ1) is 15.2. The van der Waals surface area contributed by atoms with E-state index in [1.165, 1.54) is 12.0 Å². The number of nitrogens with one attached hydrogen (secondary N) is 1. The van der Waals surface area contributed by atoms with E-state index in [0.29, 0.717) is 0 Å². The third-order valence-corrected chi connectivity index (χ3v) is 2.27. The summed E-state index contributed by atoms with van der Waals surface area (Å²) in [5.41, 5.74) is 1.27. The summed E-state index contributed by atoms with van der Waals surface area (Å²) in [6, 6.07) is 10.4. The number of halogens is 1. The average Bonchev–Trinajstić information content (AvgIpc) is 2.24. The first-order chi connectivity index (χ1) is 7.29. The van der Waals surface area contributed by atoms with Gasteiger partial charge in [-0.1, -0.05) is 56.3 Å². The highest BCUT2D eigenvalue weighted by molar-refractivity contribution is 5.85. The van der Waals surface area contributed by atoms with Gasteiger partial charge in [-0.25, -0.2) is 0 Å². The molecule has 1 aromatic rings. The molecule has 2 heteroatoms. The predicted octanol–water partition coefficient (Wildman–Crippen LogP) is 3.76. The third kappa shape index (κ3) is 7.49. The van der Waals surface area contributed by atoms with Gasteiger partial charge in [0.25, 0.3) is 0 Å². The van der Waals surface area contributed by atoms with Gasteiger partial charge in [0, 0.05) is 6.54 Å². The Kier molecular flexibility index (Phi) is 8.97. The largest absolute Gasteiger partial charge is 0.313 e. The maximum absolute atomic E-state index is 3.40. The SMILES string of the molecule is CC(C)CCNC/C=C/c1ccccc1.Cl. The van der Waals surface area contributed by atoms with Gasteiger partial charge in [-0.15, -0.1) is 12.4 Å². The van der Waals surface area contributed by atoms with Gasteiger partial charge < -0.3 is 5.32 Å². The Labute approximate surface area is 105 Å². The summed E-state index contributed by atoms with van der Waals surface area (Å²) >= 11 is 0. The lowest BCUT2D eigenvalue weighted by atomic mass is 10.1. The van der Waals surface area contributed by atoms with Crippen molar-refractivity contribution in [3.05, 3.63) is 42.0 Å². The van der Waals surface area contributed by atoms with E-state index in [2.05, 4.69) is 55.6 Å². The van der Waals surface area contributed by atoms with E-state index in [-0.39, 0.29) is 12.4 Å². The van der Waals surface area contributed by atoms with E-state index in [9.17, 15) is 0 Å². The van der Waals surface area contributed by atoms with Crippen molar-refractivity contribution >= 4 is 18.5 Å². The predicted molar refractivity (Wildman–Crippen MR) is 75.0 cm³/mol. The van der Waals surface area contributed by atoms with Crippen molar-refractivity contribution in [2.24, 2.45) is 5.92 Å². The van der Waals surface area contributed by atoms with Gasteiger partial charge in [0.15, 0.2) is 0 Å². The van der Waals surface area contributed by atoms with Crippen LogP contribution in [0, 0.1) is 5.92 Å². The molecule has 90 valence electrons. The molecular formula is C14H22ClN. The second-order valence-corrected chi connectivity index (χ2v) is 4.20. The molecule has 0 fully saturated rings. The molecule has 0 unspecified atom stereocenters. The zero-order chi connectivity index (χ0) is 10.9. The Morgan fingerprint density at radius 2 is 1.88 bits per heavy atom. The summed E-state index contributed by atoms with van der Waals surface area (Å²) in [7, 11) is 0. The van der Waals surface area contributed by atoms with Gasteiger partial charge in [0.1, 0.15) is 0 Å². The van der Waals surface area contributed by atoms with Crippen molar-refractivity contribution in [2.75, 3.05) is 13.1 Å². The summed E-state index contributed by atoms with van der Waals surface area (Å²) in [6.07, 6.45) is 5.58. The van der Waals surface area contributed by atoms with E-state index >= 15 is 0 Å². The van der Waals surface area contributed by atoms with Crippen LogP contribution < -0.4 is 5.32 Å². The molecule has 0 atom stereocenters. The van der Waals surface area contributed by atoms with Crippen molar-refractivity contribution < 1.29 is 0 Å². The zero-order valence-corrected chi connectivity index (χ0v) is 11.0. The monoisotopic (exact) mass is 239 g/mol. The zero-order valence-electron chi connectivity index (χ0n) is 10.1. The van der Waals surface area contributed by atoms with Gasteiger partial charge >= 0.3 is 0 Å². The molecule has 0 saturated carbocycles. The molecule has 1 rings (SSSR count). The Morgan fingerprint density at radius 1 is 1.19 bits per heavy atom. The first-order valence-electron chi connectivity index (χ1n) is 5.71. The molecule has 0 heterocycles. The van der Waals surface area contributed by atoms with Gasteiger partial charge in [0.2, 0.25) is 0 Å². The number of hydrogen-bond acceptors (Lipinski definition) is 1. The van der Waals surface area contributed by atoms with Gasteiger partial charge in [-0.3, -0.25) is 0 Å². The van der Waals surface area contributed by atoms with Crippen LogP contribution in [-0.4, -0.2) is 13.1 Å². The fraction of sp³-hybridized carbons (Fsp3) is 0.429. The normalized spacial score (nSPS) is 10.7. The molecule has 16 heavy (non-hydrogen) atoms. The van der Waals surface area contributed by atoms with Crippen LogP contribution in [0.15, 0.2) is 36.4 Å². The lowest BCUT2D eigenvalue weighted by Gasteiger charge is -2.03. The Hall–Kier alpha value is -0.790. The van der Waals surface area contributed by atoms with Crippen LogP contribution in [0.5, 0.6) is 0 Å². The van der Waals surface area contributed by atoms with Crippen LogP contribution >= 0.6 is 12.4 Å². The highest BCUT2D eigenvalue weighted by Gasteiger charge is 1.90. The Balaban J connectivity index is 0.00000225. The van der Waals surface area contributed by atoms with Crippen LogP contribution in [0.2, 0.25) is 0 Å². The minimum Gasteiger partial charge on any atom is -0.313 e. The molecule has 0 aromatic heterocycles. The van der Waals surface area contributed by atoms with Crippen LogP contribution in [0.4, 0.5) is 0 Å². The van der Waals surface area contributed by atoms with E-state index in [4.69, 9.17) is 0 Å². The second kappa shape index (κ2) is 9.44. The fourth-order valence-corrected chi connectivity index (χ4v) is 1.34. The van der Waals surface area contributed by atoms with E-state index < -0.39 is 0 Å². The fourth-order valence-electron chi connectivity index (χ4n) is 1.34. The topological polar surface area (TPSA) is 12.0 Å². The van der Waals surface area contributed by atoms with Gasteiger partial charge in [0.05, 0.1) is 0 Å². The number of benzene rings is 1. The molecule has 0 bridgehead atoms. The van der Waals surface area contributed by atoms with Crippen molar-refractivity contribution in [1.82, 2.24) is 5.32 Å². The lowest BCUT2D eigenvalue weighted by Crippen LogP contribution is -2.16. The lowest BCUT2D eigenvalue weighted by molar-refractivity contribution is 0.553. The third-order valence-electron chi connectivity index (χ3n) is 2.27. The van der Waals surface area contributed by atoms with Crippen molar-refractivity contribution in [3.63, 3.8) is 0 Å². The standard InChI is InChI=1S/C14H21N.ClH/c1-13(2)10-12-15-11-6-9-14-7-4-3-5-8-14;/h3-9,13,15H,10-12H2,1-2H3;1H/b9-6+;. The minimum absolute atomic E-state index is 0. The van der Waals surface area contributed by atoms with E-state index in [1.807, 2.05) is 6.07 Å². The Bertz CT molecular complexity index is 280. The van der Waals surface area contributed by atoms with Crippen LogP contribution in [-0.2, 0) is 0 Å². The molecule has 1 aromatic carbocycles. The van der Waals surface area contributed by atoms with E-state index in [1.54, 1.807) is 0 Å². The second-order valence-electron chi connectivity index (χ2n) is 4.20. The molecule has 1 nitrogen and oxygen atoms in total. The quantitative estimate of drug-likeness (QED) is 0.746. The maximum Gasteiger partial charge on any atom is 0.0138 e. The Morgan fingerprint density at radius 3 is 2.50 bits per heavy atom. The minimum atomic E-state index is 0. The average molecular weight is 240 g/mol. The molecule has 0 aliphatic heterocycles. The maximum atomic E-state index is 3.40. The molecule has 0 aliphatic carbocycles. The summed E-state index contributed by atoms with van der Waals surface area (Å²) in [6.45, 7) is 6.57. The smallest absolute Gasteiger partial charge is 0.0138 e. The van der Waals surface area contributed by atoms with Gasteiger partial charge in [-0.05, 0) is 24.4 Å². The van der Waals surface area contributed by atoms with Gasteiger partial charge in [-0.2, -0.15) is 0 Å². The highest BCUT2D eigenvalue weighted by atomic mass is 35.5. The molecule has 0 saturated heterocycles. The van der Waals surface area contributed by atoms with Crippen LogP contribution in [0.3, 0.4) is 0 Å². The first-order valence-corrected chi connectivity index (χ1v) is 5.71. The van der Waals surface area contributed by atoms with E-state index in [0.717, 1.165) is 19.0 Å². The van der Waals surface area contributed by atoms with Crippen molar-refractivity contribution in [1.29, 1.82) is 0 Å². The molecule has 0 radical (unpaired) electrons. The molecular weight excluding hydrogens is 218 g/mol. The summed E-state index contributed by atoms with van der Waals surface area (Å²) in [5, 5.41) is 3.40. The molecule has 1 N–H and O–H groups in total. The van der Waals surface area contributed by atoms with Crippen LogP contribution in [0.1, 0.15) is 25.8 Å². The molecule has 0 aliphatic rings. The summed E-state index contributed by atoms with van der Waals surface area (Å²) in [5.74, 6) is 0.788. The number of rotatable bonds is 6. The van der Waals surface area contributed by atoms with Crippen molar-refractivity contribution in [2.45, 2.75) is 20.3 Å². The van der Waals surface area contributed by atoms with Crippen LogP contribution in [0.25, 0.3) is 6.08 Å².